The van der Waals surface area contributed by atoms with Gasteiger partial charge in [0.25, 0.3) is 5.95 Å². The van der Waals surface area contributed by atoms with E-state index in [0.717, 1.165) is 42.0 Å². The highest BCUT2D eigenvalue weighted by molar-refractivity contribution is 5.92. The fraction of sp³-hybridized carbons (Fsp3) is 0.292. The Morgan fingerprint density at radius 3 is 2.50 bits per heavy atom. The molecule has 0 saturated carbocycles. The second-order valence-electron chi connectivity index (χ2n) is 7.95. The van der Waals surface area contributed by atoms with Crippen LogP contribution in [0.2, 0.25) is 0 Å². The molecule has 1 fully saturated rings. The molecule has 6 nitrogen and oxygen atoms in total. The third kappa shape index (κ3) is 3.49. The van der Waals surface area contributed by atoms with Crippen LogP contribution in [0.5, 0.6) is 0 Å². The highest BCUT2D eigenvalue weighted by atomic mass is 15.4. The molecule has 0 atom stereocenters. The summed E-state index contributed by atoms with van der Waals surface area (Å²) in [6, 6.07) is 14.7. The number of hydrogen-bond donors (Lipinski definition) is 1. The second-order valence-corrected chi connectivity index (χ2v) is 7.95. The van der Waals surface area contributed by atoms with E-state index in [9.17, 15) is 0 Å². The summed E-state index contributed by atoms with van der Waals surface area (Å²) < 4.78 is 1.73. The van der Waals surface area contributed by atoms with Crippen molar-refractivity contribution >= 4 is 22.4 Å². The van der Waals surface area contributed by atoms with E-state index >= 15 is 0 Å². The maximum atomic E-state index is 4.90. The van der Waals surface area contributed by atoms with Gasteiger partial charge in [-0.25, -0.2) is 9.67 Å². The van der Waals surface area contributed by atoms with Crippen LogP contribution in [0.15, 0.2) is 54.9 Å². The number of aromatic nitrogens is 4. The lowest BCUT2D eigenvalue weighted by Crippen LogP contribution is -2.20. The lowest BCUT2D eigenvalue weighted by Gasteiger charge is -2.20. The normalized spacial score (nSPS) is 13.9. The molecule has 0 spiro atoms. The number of fused-ring (bicyclic) bond motifs is 1. The average Bonchev–Trinajstić information content (AvgIpc) is 3.47. The van der Waals surface area contributed by atoms with Crippen molar-refractivity contribution in [3.63, 3.8) is 0 Å². The van der Waals surface area contributed by atoms with Crippen LogP contribution < -0.4 is 10.2 Å². The summed E-state index contributed by atoms with van der Waals surface area (Å²) in [6.45, 7) is 7.20. The second kappa shape index (κ2) is 7.78. The molecule has 1 saturated heterocycles. The van der Waals surface area contributed by atoms with Crippen LogP contribution in [0, 0.1) is 13.8 Å². The van der Waals surface area contributed by atoms with Crippen LogP contribution in [-0.4, -0.2) is 32.8 Å². The minimum atomic E-state index is 0.616. The zero-order chi connectivity index (χ0) is 20.5. The van der Waals surface area contributed by atoms with Crippen LogP contribution in [0.4, 0.5) is 11.5 Å². The van der Waals surface area contributed by atoms with Crippen molar-refractivity contribution in [2.45, 2.75) is 33.2 Å². The molecule has 0 radical (unpaired) electrons. The van der Waals surface area contributed by atoms with E-state index in [-0.39, 0.29) is 0 Å². The van der Waals surface area contributed by atoms with Crippen molar-refractivity contribution in [1.82, 2.24) is 19.7 Å². The van der Waals surface area contributed by atoms with Crippen molar-refractivity contribution in [2.24, 2.45) is 0 Å². The van der Waals surface area contributed by atoms with E-state index in [4.69, 9.17) is 9.97 Å². The van der Waals surface area contributed by atoms with Gasteiger partial charge in [0, 0.05) is 43.1 Å². The Labute approximate surface area is 176 Å². The molecule has 0 aliphatic carbocycles. The Balaban J connectivity index is 1.52. The minimum absolute atomic E-state index is 0.616. The van der Waals surface area contributed by atoms with E-state index in [1.807, 2.05) is 12.3 Å². The smallest absolute Gasteiger partial charge is 0.253 e. The monoisotopic (exact) mass is 398 g/mol. The number of nitrogens with zero attached hydrogens (tertiary/aromatic N) is 5. The van der Waals surface area contributed by atoms with Gasteiger partial charge >= 0.3 is 0 Å². The molecule has 1 N–H and O–H groups in total. The molecule has 6 heteroatoms. The van der Waals surface area contributed by atoms with Crippen molar-refractivity contribution in [3.8, 4) is 5.95 Å². The molecule has 0 amide bonds. The lowest BCUT2D eigenvalue weighted by atomic mass is 10.0. The van der Waals surface area contributed by atoms with Crippen LogP contribution in [0.3, 0.4) is 0 Å². The standard InChI is InChI=1S/C24H26N6/c1-17-7-5-8-18(2)21(17)16-25-19-9-10-22-20(15-19)23(29-12-3-4-13-29)28-24(27-22)30-14-6-11-26-30/h5-11,14-15,25H,3-4,12-13,16H2,1-2H3. The van der Waals surface area contributed by atoms with E-state index in [0.29, 0.717) is 5.95 Å². The number of benzene rings is 2. The van der Waals surface area contributed by atoms with Gasteiger partial charge in [-0.05, 0) is 67.6 Å². The summed E-state index contributed by atoms with van der Waals surface area (Å²) in [5, 5.41) is 9.00. The number of anilines is 2. The summed E-state index contributed by atoms with van der Waals surface area (Å²) in [6.07, 6.45) is 6.04. The number of rotatable bonds is 5. The fourth-order valence-electron chi connectivity index (χ4n) is 4.19. The molecule has 2 aromatic carbocycles. The Morgan fingerprint density at radius 2 is 1.77 bits per heavy atom. The first-order valence-electron chi connectivity index (χ1n) is 10.5. The summed E-state index contributed by atoms with van der Waals surface area (Å²) in [4.78, 5) is 12.0. The third-order valence-electron chi connectivity index (χ3n) is 5.89. The Kier molecular flexibility index (Phi) is 4.83. The molecule has 30 heavy (non-hydrogen) atoms. The van der Waals surface area contributed by atoms with Gasteiger partial charge in [0.15, 0.2) is 0 Å². The van der Waals surface area contributed by atoms with E-state index in [1.165, 1.54) is 29.5 Å². The predicted octanol–water partition coefficient (Wildman–Crippen LogP) is 4.64. The van der Waals surface area contributed by atoms with Gasteiger partial charge in [0.1, 0.15) is 5.82 Å². The highest BCUT2D eigenvalue weighted by Crippen LogP contribution is 2.30. The van der Waals surface area contributed by atoms with Gasteiger partial charge in [-0.1, -0.05) is 18.2 Å². The van der Waals surface area contributed by atoms with E-state index in [1.54, 1.807) is 10.9 Å². The lowest BCUT2D eigenvalue weighted by molar-refractivity contribution is 0.806. The first kappa shape index (κ1) is 18.6. The Morgan fingerprint density at radius 1 is 0.967 bits per heavy atom. The van der Waals surface area contributed by atoms with Crippen molar-refractivity contribution in [1.29, 1.82) is 0 Å². The largest absolute Gasteiger partial charge is 0.381 e. The predicted molar refractivity (Wildman–Crippen MR) is 121 cm³/mol. The maximum absolute atomic E-state index is 4.90. The molecule has 152 valence electrons. The highest BCUT2D eigenvalue weighted by Gasteiger charge is 2.19. The van der Waals surface area contributed by atoms with Crippen LogP contribution in [0.1, 0.15) is 29.5 Å². The molecule has 4 aromatic rings. The fourth-order valence-corrected chi connectivity index (χ4v) is 4.19. The van der Waals surface area contributed by atoms with Crippen molar-refractivity contribution < 1.29 is 0 Å². The summed E-state index contributed by atoms with van der Waals surface area (Å²) >= 11 is 0. The van der Waals surface area contributed by atoms with Gasteiger partial charge in [-0.15, -0.1) is 0 Å². The van der Waals surface area contributed by atoms with Crippen LogP contribution in [-0.2, 0) is 6.54 Å². The summed E-state index contributed by atoms with van der Waals surface area (Å²) in [5.41, 5.74) is 6.00. The number of hydrogen-bond acceptors (Lipinski definition) is 5. The SMILES string of the molecule is Cc1cccc(C)c1CNc1ccc2nc(-n3cccn3)nc(N3CCCC3)c2c1. The first-order valence-corrected chi connectivity index (χ1v) is 10.5. The van der Waals surface area contributed by atoms with E-state index in [2.05, 4.69) is 65.6 Å². The Hall–Kier alpha value is -3.41. The molecule has 5 rings (SSSR count). The van der Waals surface area contributed by atoms with Crippen LogP contribution >= 0.6 is 0 Å². The molecule has 3 heterocycles. The van der Waals surface area contributed by atoms with E-state index < -0.39 is 0 Å². The van der Waals surface area contributed by atoms with Crippen molar-refractivity contribution in [2.75, 3.05) is 23.3 Å². The third-order valence-corrected chi connectivity index (χ3v) is 5.89. The topological polar surface area (TPSA) is 58.9 Å². The van der Waals surface area contributed by atoms with Gasteiger partial charge in [0.2, 0.25) is 0 Å². The van der Waals surface area contributed by atoms with Gasteiger partial charge in [0.05, 0.1) is 5.52 Å². The Bertz CT molecular complexity index is 1160. The van der Waals surface area contributed by atoms with Gasteiger partial charge in [-0.3, -0.25) is 0 Å². The summed E-state index contributed by atoms with van der Waals surface area (Å²) in [7, 11) is 0. The number of nitrogens with one attached hydrogen (secondary N) is 1. The first-order chi connectivity index (χ1) is 14.7. The minimum Gasteiger partial charge on any atom is -0.381 e. The number of aryl methyl sites for hydroxylation is 2. The quantitative estimate of drug-likeness (QED) is 0.530. The van der Waals surface area contributed by atoms with Gasteiger partial charge < -0.3 is 10.2 Å². The van der Waals surface area contributed by atoms with Gasteiger partial charge in [-0.2, -0.15) is 10.1 Å². The molecule has 0 bridgehead atoms. The zero-order valence-corrected chi connectivity index (χ0v) is 17.5. The average molecular weight is 399 g/mol. The molecule has 1 aliphatic rings. The molecule has 0 unspecified atom stereocenters. The van der Waals surface area contributed by atoms with Crippen molar-refractivity contribution in [3.05, 3.63) is 71.5 Å². The molecular weight excluding hydrogens is 372 g/mol. The summed E-state index contributed by atoms with van der Waals surface area (Å²) in [5.74, 6) is 1.62. The zero-order valence-electron chi connectivity index (χ0n) is 17.5. The van der Waals surface area contributed by atoms with Crippen LogP contribution in [0.25, 0.3) is 16.9 Å². The maximum Gasteiger partial charge on any atom is 0.253 e. The molecular formula is C24H26N6. The molecule has 2 aromatic heterocycles. The molecule has 1 aliphatic heterocycles.